The van der Waals surface area contributed by atoms with Crippen molar-refractivity contribution in [2.24, 2.45) is 5.92 Å². The van der Waals surface area contributed by atoms with E-state index in [1.807, 2.05) is 13.8 Å². The number of aromatic amines is 1. The highest BCUT2D eigenvalue weighted by molar-refractivity contribution is 6.00. The molecule has 0 saturated carbocycles. The van der Waals surface area contributed by atoms with E-state index in [-0.39, 0.29) is 49.4 Å². The largest absolute Gasteiger partial charge is 0.467 e. The molecule has 1 unspecified atom stereocenters. The van der Waals surface area contributed by atoms with E-state index in [9.17, 15) is 19.2 Å². The van der Waals surface area contributed by atoms with Gasteiger partial charge in [0.05, 0.1) is 18.7 Å². The predicted molar refractivity (Wildman–Crippen MR) is 120 cm³/mol. The molecule has 1 atom stereocenters. The summed E-state index contributed by atoms with van der Waals surface area (Å²) in [4.78, 5) is 56.2. The maximum atomic E-state index is 13.5. The number of amides is 2. The Bertz CT molecular complexity index is 1060. The van der Waals surface area contributed by atoms with E-state index in [1.54, 1.807) is 17.0 Å². The first-order valence-corrected chi connectivity index (χ1v) is 11.1. The van der Waals surface area contributed by atoms with Crippen LogP contribution >= 0.6 is 0 Å². The zero-order chi connectivity index (χ0) is 23.3. The lowest BCUT2D eigenvalue weighted by Gasteiger charge is -2.27. The summed E-state index contributed by atoms with van der Waals surface area (Å²) >= 11 is 0. The Morgan fingerprint density at radius 2 is 2.00 bits per heavy atom. The molecule has 174 valence electrons. The Morgan fingerprint density at radius 3 is 2.66 bits per heavy atom. The van der Waals surface area contributed by atoms with Gasteiger partial charge in [0, 0.05) is 26.1 Å². The molecule has 10 heteroatoms. The quantitative estimate of drug-likeness (QED) is 0.571. The molecule has 2 aromatic rings. The number of nitrogen functional groups attached to an aromatic ring is 1. The molecule has 1 aliphatic rings. The van der Waals surface area contributed by atoms with Gasteiger partial charge >= 0.3 is 5.69 Å². The normalized spacial score (nSPS) is 16.0. The summed E-state index contributed by atoms with van der Waals surface area (Å²) in [6, 6.07) is 3.52. The number of unbranched alkanes of at least 4 members (excludes halogenated alkanes) is 2. The number of furan rings is 1. The topological polar surface area (TPSA) is 135 Å². The summed E-state index contributed by atoms with van der Waals surface area (Å²) < 4.78 is 6.61. The van der Waals surface area contributed by atoms with Gasteiger partial charge in [-0.15, -0.1) is 0 Å². The number of aromatic nitrogens is 2. The fraction of sp³-hybridized carbons (Fsp3) is 0.545. The molecule has 3 rings (SSSR count). The lowest BCUT2D eigenvalue weighted by Crippen LogP contribution is -2.44. The summed E-state index contributed by atoms with van der Waals surface area (Å²) in [6.45, 7) is 5.10. The Kier molecular flexibility index (Phi) is 7.55. The molecule has 2 amide bonds. The molecule has 0 aromatic carbocycles. The number of likely N-dealkylation sites (tertiary alicyclic amines) is 1. The summed E-state index contributed by atoms with van der Waals surface area (Å²) in [6.07, 6.45) is 4.58. The van der Waals surface area contributed by atoms with Crippen LogP contribution in [-0.2, 0) is 22.7 Å². The first-order chi connectivity index (χ1) is 15.4. The van der Waals surface area contributed by atoms with E-state index in [1.165, 1.54) is 15.7 Å². The Labute approximate surface area is 186 Å². The van der Waals surface area contributed by atoms with Crippen molar-refractivity contribution < 1.29 is 14.0 Å². The predicted octanol–water partition coefficient (Wildman–Crippen LogP) is 1.69. The number of nitrogens with one attached hydrogen (secondary N) is 1. The third-order valence-corrected chi connectivity index (χ3v) is 5.71. The molecule has 3 heterocycles. The second-order valence-electron chi connectivity index (χ2n) is 8.10. The van der Waals surface area contributed by atoms with Gasteiger partial charge in [-0.05, 0) is 25.0 Å². The molecule has 3 N–H and O–H groups in total. The molecule has 32 heavy (non-hydrogen) atoms. The highest BCUT2D eigenvalue weighted by Gasteiger charge is 2.38. The van der Waals surface area contributed by atoms with Crippen molar-refractivity contribution in [1.82, 2.24) is 14.5 Å². The SMILES string of the molecule is CCCCN(C(=O)C1CC(=O)N(Cc2ccco2)C1)c1c(N)n(CCCC)c(=O)[nH]c1=O. The minimum atomic E-state index is -0.693. The molecule has 0 spiro atoms. The van der Waals surface area contributed by atoms with E-state index in [2.05, 4.69) is 4.98 Å². The lowest BCUT2D eigenvalue weighted by atomic mass is 10.1. The number of nitrogens with two attached hydrogens (primary N) is 1. The van der Waals surface area contributed by atoms with E-state index in [0.717, 1.165) is 12.8 Å². The van der Waals surface area contributed by atoms with Gasteiger partial charge in [0.25, 0.3) is 5.56 Å². The molecule has 2 aromatic heterocycles. The maximum absolute atomic E-state index is 13.5. The van der Waals surface area contributed by atoms with Crippen molar-refractivity contribution in [1.29, 1.82) is 0 Å². The summed E-state index contributed by atoms with van der Waals surface area (Å²) in [5, 5.41) is 0. The third kappa shape index (κ3) is 4.95. The van der Waals surface area contributed by atoms with Crippen LogP contribution in [0.4, 0.5) is 11.5 Å². The number of carbonyl (C=O) groups excluding carboxylic acids is 2. The molecular weight excluding hydrogens is 414 g/mol. The van der Waals surface area contributed by atoms with Crippen LogP contribution in [0.3, 0.4) is 0 Å². The summed E-state index contributed by atoms with van der Waals surface area (Å²) in [7, 11) is 0. The zero-order valence-corrected chi connectivity index (χ0v) is 18.6. The smallest absolute Gasteiger partial charge is 0.330 e. The number of H-pyrrole nitrogens is 1. The van der Waals surface area contributed by atoms with Crippen LogP contribution in [-0.4, -0.2) is 39.4 Å². The molecule has 0 radical (unpaired) electrons. The number of hydrogen-bond acceptors (Lipinski definition) is 6. The van der Waals surface area contributed by atoms with Crippen molar-refractivity contribution >= 4 is 23.3 Å². The van der Waals surface area contributed by atoms with Crippen LogP contribution in [0.15, 0.2) is 32.4 Å². The van der Waals surface area contributed by atoms with Gasteiger partial charge in [-0.1, -0.05) is 26.7 Å². The van der Waals surface area contributed by atoms with Crippen molar-refractivity contribution in [3.63, 3.8) is 0 Å². The molecule has 1 aliphatic heterocycles. The monoisotopic (exact) mass is 445 g/mol. The third-order valence-electron chi connectivity index (χ3n) is 5.71. The highest BCUT2D eigenvalue weighted by atomic mass is 16.3. The fourth-order valence-electron chi connectivity index (χ4n) is 3.93. The Morgan fingerprint density at radius 1 is 1.25 bits per heavy atom. The molecular formula is C22H31N5O5. The van der Waals surface area contributed by atoms with E-state index >= 15 is 0 Å². The fourth-order valence-corrected chi connectivity index (χ4v) is 3.93. The van der Waals surface area contributed by atoms with Gasteiger partial charge in [-0.25, -0.2) is 4.79 Å². The van der Waals surface area contributed by atoms with Gasteiger partial charge in [0.2, 0.25) is 11.8 Å². The van der Waals surface area contributed by atoms with Crippen molar-refractivity contribution in [2.45, 2.75) is 59.0 Å². The van der Waals surface area contributed by atoms with Crippen LogP contribution in [0.5, 0.6) is 0 Å². The standard InChI is InChI=1S/C22H31N5O5/c1-3-5-9-26(18-19(23)27(10-6-4-2)22(31)24-20(18)29)21(30)15-12-17(28)25(13-15)14-16-8-7-11-32-16/h7-8,11,15H,3-6,9-10,12-14,23H2,1-2H3,(H,24,29,31). The van der Waals surface area contributed by atoms with Crippen molar-refractivity contribution in [3.8, 4) is 0 Å². The second kappa shape index (κ2) is 10.3. The molecule has 0 aliphatic carbocycles. The van der Waals surface area contributed by atoms with Crippen molar-refractivity contribution in [3.05, 3.63) is 45.0 Å². The van der Waals surface area contributed by atoms with Gasteiger partial charge in [-0.3, -0.25) is 23.9 Å². The van der Waals surface area contributed by atoms with E-state index in [0.29, 0.717) is 25.1 Å². The average Bonchev–Trinajstić information content (AvgIpc) is 3.40. The van der Waals surface area contributed by atoms with Gasteiger partial charge in [0.15, 0.2) is 5.69 Å². The van der Waals surface area contributed by atoms with E-state index in [4.69, 9.17) is 10.2 Å². The number of nitrogens with zero attached hydrogens (tertiary/aromatic N) is 3. The highest BCUT2D eigenvalue weighted by Crippen LogP contribution is 2.26. The van der Waals surface area contributed by atoms with Crippen LogP contribution in [0.1, 0.15) is 51.7 Å². The number of carbonyl (C=O) groups is 2. The van der Waals surface area contributed by atoms with Gasteiger partial charge in [0.1, 0.15) is 11.6 Å². The molecule has 1 saturated heterocycles. The lowest BCUT2D eigenvalue weighted by molar-refractivity contribution is -0.129. The van der Waals surface area contributed by atoms with Crippen LogP contribution in [0.25, 0.3) is 0 Å². The van der Waals surface area contributed by atoms with Crippen LogP contribution in [0, 0.1) is 5.92 Å². The van der Waals surface area contributed by atoms with Crippen LogP contribution < -0.4 is 21.9 Å². The molecule has 10 nitrogen and oxygen atoms in total. The molecule has 1 fully saturated rings. The zero-order valence-electron chi connectivity index (χ0n) is 18.6. The second-order valence-corrected chi connectivity index (χ2v) is 8.10. The van der Waals surface area contributed by atoms with Crippen molar-refractivity contribution in [2.75, 3.05) is 23.7 Å². The van der Waals surface area contributed by atoms with E-state index < -0.39 is 17.2 Å². The number of hydrogen-bond donors (Lipinski definition) is 2. The first-order valence-electron chi connectivity index (χ1n) is 11.1. The maximum Gasteiger partial charge on any atom is 0.330 e. The molecule has 0 bridgehead atoms. The Hall–Kier alpha value is -3.30. The van der Waals surface area contributed by atoms with Gasteiger partial charge in [-0.2, -0.15) is 0 Å². The summed E-state index contributed by atoms with van der Waals surface area (Å²) in [5.74, 6) is -0.479. The minimum absolute atomic E-state index is 0.0175. The Balaban J connectivity index is 1.90. The average molecular weight is 446 g/mol. The van der Waals surface area contributed by atoms with Crippen LogP contribution in [0.2, 0.25) is 0 Å². The number of rotatable bonds is 10. The minimum Gasteiger partial charge on any atom is -0.467 e. The number of anilines is 2. The summed E-state index contributed by atoms with van der Waals surface area (Å²) in [5.41, 5.74) is 4.94. The van der Waals surface area contributed by atoms with Gasteiger partial charge < -0.3 is 20.0 Å². The first kappa shape index (κ1) is 23.4.